The highest BCUT2D eigenvalue weighted by Crippen LogP contribution is 2.39. The molecule has 0 bridgehead atoms. The summed E-state index contributed by atoms with van der Waals surface area (Å²) >= 11 is 1.83. The van der Waals surface area contributed by atoms with Crippen molar-refractivity contribution in [2.75, 3.05) is 0 Å². The fourth-order valence-electron chi connectivity index (χ4n) is 2.65. The van der Waals surface area contributed by atoms with Gasteiger partial charge in [-0.25, -0.2) is 0 Å². The smallest absolute Gasteiger partial charge is 0.234 e. The zero-order valence-corrected chi connectivity index (χ0v) is 13.0. The summed E-state index contributed by atoms with van der Waals surface area (Å²) in [5.74, 6) is 1.59. The normalized spacial score (nSPS) is 20.7. The molecule has 20 heavy (non-hydrogen) atoms. The van der Waals surface area contributed by atoms with Gasteiger partial charge in [0.2, 0.25) is 5.89 Å². The summed E-state index contributed by atoms with van der Waals surface area (Å²) < 4.78 is 5.51. The highest BCUT2D eigenvalue weighted by molar-refractivity contribution is 7.10. The quantitative estimate of drug-likeness (QED) is 0.917. The fraction of sp³-hybridized carbons (Fsp3) is 0.600. The average molecular weight is 291 g/mol. The molecule has 5 heteroatoms. The second-order valence-electron chi connectivity index (χ2n) is 6.58. The summed E-state index contributed by atoms with van der Waals surface area (Å²) in [6.07, 6.45) is 3.43. The van der Waals surface area contributed by atoms with Gasteiger partial charge in [-0.2, -0.15) is 4.98 Å². The summed E-state index contributed by atoms with van der Waals surface area (Å²) in [6.45, 7) is 6.27. The summed E-state index contributed by atoms with van der Waals surface area (Å²) in [5, 5.41) is 6.26. The van der Waals surface area contributed by atoms with E-state index in [1.165, 1.54) is 23.3 Å². The Morgan fingerprint density at radius 1 is 1.45 bits per heavy atom. The number of hydrogen-bond acceptors (Lipinski definition) is 5. The van der Waals surface area contributed by atoms with Crippen molar-refractivity contribution in [3.8, 4) is 0 Å². The molecule has 108 valence electrons. The van der Waals surface area contributed by atoms with Gasteiger partial charge in [-0.3, -0.25) is 0 Å². The zero-order valence-electron chi connectivity index (χ0n) is 12.2. The molecule has 2 atom stereocenters. The van der Waals surface area contributed by atoms with Gasteiger partial charge < -0.3 is 10.3 Å². The van der Waals surface area contributed by atoms with E-state index >= 15 is 0 Å². The molecule has 0 spiro atoms. The van der Waals surface area contributed by atoms with E-state index in [9.17, 15) is 0 Å². The van der Waals surface area contributed by atoms with Crippen LogP contribution in [0.25, 0.3) is 0 Å². The monoisotopic (exact) mass is 291 g/mol. The van der Waals surface area contributed by atoms with Crippen molar-refractivity contribution in [1.29, 1.82) is 0 Å². The first kappa shape index (κ1) is 13.8. The summed E-state index contributed by atoms with van der Waals surface area (Å²) in [7, 11) is 0. The molecule has 3 rings (SSSR count). The number of nitrogens with zero attached hydrogens (tertiary/aromatic N) is 2. The van der Waals surface area contributed by atoms with Crippen molar-refractivity contribution in [2.45, 2.75) is 52.0 Å². The first-order chi connectivity index (χ1) is 9.47. The molecular weight excluding hydrogens is 270 g/mol. The Balaban J connectivity index is 1.89. The summed E-state index contributed by atoms with van der Waals surface area (Å²) in [4.78, 5) is 6.04. The Hall–Kier alpha value is -1.20. The van der Waals surface area contributed by atoms with Crippen molar-refractivity contribution in [3.63, 3.8) is 0 Å². The van der Waals surface area contributed by atoms with E-state index in [0.717, 1.165) is 12.3 Å². The molecule has 0 aromatic carbocycles. The van der Waals surface area contributed by atoms with E-state index in [2.05, 4.69) is 42.4 Å². The minimum Gasteiger partial charge on any atom is -0.339 e. The largest absolute Gasteiger partial charge is 0.339 e. The minimum absolute atomic E-state index is 0.0682. The lowest BCUT2D eigenvalue weighted by Crippen LogP contribution is -2.27. The third kappa shape index (κ3) is 2.40. The number of thiophene rings is 1. The van der Waals surface area contributed by atoms with Crippen LogP contribution in [0.4, 0.5) is 0 Å². The Kier molecular flexibility index (Phi) is 3.42. The number of nitrogens with two attached hydrogens (primary N) is 1. The summed E-state index contributed by atoms with van der Waals surface area (Å²) in [6, 6.07) is 1.99. The van der Waals surface area contributed by atoms with Gasteiger partial charge in [-0.05, 0) is 41.7 Å². The van der Waals surface area contributed by atoms with Gasteiger partial charge in [0.1, 0.15) is 0 Å². The van der Waals surface area contributed by atoms with Crippen molar-refractivity contribution >= 4 is 11.3 Å². The Labute approximate surface area is 123 Å². The third-order valence-corrected chi connectivity index (χ3v) is 5.02. The first-order valence-electron chi connectivity index (χ1n) is 7.12. The van der Waals surface area contributed by atoms with Crippen LogP contribution < -0.4 is 5.73 Å². The van der Waals surface area contributed by atoms with Gasteiger partial charge in [0.15, 0.2) is 5.82 Å². The van der Waals surface area contributed by atoms with Crippen LogP contribution in [0.15, 0.2) is 16.0 Å². The highest BCUT2D eigenvalue weighted by atomic mass is 32.1. The van der Waals surface area contributed by atoms with E-state index in [0.29, 0.717) is 5.82 Å². The molecule has 4 nitrogen and oxygen atoms in total. The Morgan fingerprint density at radius 2 is 2.25 bits per heavy atom. The highest BCUT2D eigenvalue weighted by Gasteiger charge is 2.31. The van der Waals surface area contributed by atoms with E-state index in [4.69, 9.17) is 10.3 Å². The van der Waals surface area contributed by atoms with Crippen LogP contribution >= 0.6 is 11.3 Å². The Morgan fingerprint density at radius 3 is 3.00 bits per heavy atom. The molecule has 2 N–H and O–H groups in total. The van der Waals surface area contributed by atoms with Gasteiger partial charge in [0.05, 0.1) is 12.0 Å². The number of fused-ring (bicyclic) bond motifs is 1. The lowest BCUT2D eigenvalue weighted by Gasteiger charge is -2.23. The van der Waals surface area contributed by atoms with Crippen LogP contribution in [0.2, 0.25) is 0 Å². The first-order valence-corrected chi connectivity index (χ1v) is 8.00. The van der Waals surface area contributed by atoms with Crippen LogP contribution in [0.3, 0.4) is 0 Å². The second-order valence-corrected chi connectivity index (χ2v) is 7.58. The molecule has 0 saturated heterocycles. The van der Waals surface area contributed by atoms with Crippen molar-refractivity contribution in [2.24, 2.45) is 11.1 Å². The molecular formula is C15H21N3OS. The van der Waals surface area contributed by atoms with Crippen LogP contribution in [0, 0.1) is 5.41 Å². The van der Waals surface area contributed by atoms with Crippen LogP contribution in [-0.2, 0) is 6.42 Å². The minimum atomic E-state index is -0.203. The number of rotatable bonds is 2. The van der Waals surface area contributed by atoms with Crippen LogP contribution in [0.1, 0.15) is 67.7 Å². The Bertz CT molecular complexity index is 596. The standard InChI is InChI=1S/C15H21N3OS/c1-15(2,3)12(16)13-17-14(19-18-13)10-5-4-6-11-9(10)7-8-20-11/h7-8,10,12H,4-6,16H2,1-3H3. The van der Waals surface area contributed by atoms with E-state index in [1.54, 1.807) is 0 Å². The molecule has 2 aromatic rings. The molecule has 1 aliphatic carbocycles. The van der Waals surface area contributed by atoms with Gasteiger partial charge in [-0.1, -0.05) is 25.9 Å². The van der Waals surface area contributed by atoms with Gasteiger partial charge in [0, 0.05) is 4.88 Å². The molecule has 0 fully saturated rings. The maximum absolute atomic E-state index is 6.21. The van der Waals surface area contributed by atoms with Gasteiger partial charge in [-0.15, -0.1) is 11.3 Å². The molecule has 0 amide bonds. The number of aromatic nitrogens is 2. The maximum Gasteiger partial charge on any atom is 0.234 e. The van der Waals surface area contributed by atoms with Crippen molar-refractivity contribution in [1.82, 2.24) is 10.1 Å². The molecule has 2 unspecified atom stereocenters. The predicted molar refractivity (Wildman–Crippen MR) is 79.8 cm³/mol. The number of hydrogen-bond donors (Lipinski definition) is 1. The average Bonchev–Trinajstić information content (AvgIpc) is 3.05. The molecule has 2 aromatic heterocycles. The van der Waals surface area contributed by atoms with E-state index in [-0.39, 0.29) is 17.4 Å². The van der Waals surface area contributed by atoms with Gasteiger partial charge >= 0.3 is 0 Å². The van der Waals surface area contributed by atoms with E-state index in [1.807, 2.05) is 11.3 Å². The van der Waals surface area contributed by atoms with Gasteiger partial charge in [0.25, 0.3) is 0 Å². The van der Waals surface area contributed by atoms with Crippen LogP contribution in [0.5, 0.6) is 0 Å². The second kappa shape index (κ2) is 4.97. The maximum atomic E-state index is 6.21. The lowest BCUT2D eigenvalue weighted by atomic mass is 9.86. The molecule has 1 aliphatic rings. The van der Waals surface area contributed by atoms with Crippen LogP contribution in [-0.4, -0.2) is 10.1 Å². The third-order valence-electron chi connectivity index (χ3n) is 4.02. The van der Waals surface area contributed by atoms with Crippen molar-refractivity contribution in [3.05, 3.63) is 33.6 Å². The molecule has 0 radical (unpaired) electrons. The zero-order chi connectivity index (χ0) is 14.3. The topological polar surface area (TPSA) is 64.9 Å². The van der Waals surface area contributed by atoms with E-state index < -0.39 is 0 Å². The predicted octanol–water partition coefficient (Wildman–Crippen LogP) is 3.65. The molecule has 0 saturated carbocycles. The molecule has 2 heterocycles. The number of aryl methyl sites for hydroxylation is 1. The van der Waals surface area contributed by atoms with Crippen molar-refractivity contribution < 1.29 is 4.52 Å². The lowest BCUT2D eigenvalue weighted by molar-refractivity contribution is 0.298. The summed E-state index contributed by atoms with van der Waals surface area (Å²) in [5.41, 5.74) is 7.50. The fourth-order valence-corrected chi connectivity index (χ4v) is 3.63. The SMILES string of the molecule is CC(C)(C)C(N)c1noc(C2CCCc3sccc32)n1. The molecule has 0 aliphatic heterocycles.